The molecule has 0 saturated heterocycles. The van der Waals surface area contributed by atoms with Crippen molar-refractivity contribution in [2.24, 2.45) is 5.16 Å². The van der Waals surface area contributed by atoms with Crippen LogP contribution in [0, 0.1) is 13.8 Å². The van der Waals surface area contributed by atoms with Gasteiger partial charge in [-0.25, -0.2) is 4.98 Å². The highest BCUT2D eigenvalue weighted by Gasteiger charge is 2.07. The van der Waals surface area contributed by atoms with E-state index in [0.29, 0.717) is 19.1 Å². The zero-order chi connectivity index (χ0) is 17.4. The summed E-state index contributed by atoms with van der Waals surface area (Å²) < 4.78 is 11.1. The molecule has 0 N–H and O–H groups in total. The Labute approximate surface area is 143 Å². The molecule has 1 heterocycles. The molecule has 0 aliphatic rings. The number of oxime groups is 1. The summed E-state index contributed by atoms with van der Waals surface area (Å²) >= 11 is 0. The molecule has 24 heavy (non-hydrogen) atoms. The van der Waals surface area contributed by atoms with Gasteiger partial charge in [0.1, 0.15) is 30.4 Å². The van der Waals surface area contributed by atoms with Gasteiger partial charge >= 0.3 is 0 Å². The van der Waals surface area contributed by atoms with E-state index < -0.39 is 0 Å². The van der Waals surface area contributed by atoms with Crippen molar-refractivity contribution >= 4 is 5.71 Å². The lowest BCUT2D eigenvalue weighted by Gasteiger charge is -2.06. The van der Waals surface area contributed by atoms with Gasteiger partial charge in [0.25, 0.3) is 0 Å². The van der Waals surface area contributed by atoms with Crippen LogP contribution in [0.5, 0.6) is 5.75 Å². The zero-order valence-electron chi connectivity index (χ0n) is 14.7. The summed E-state index contributed by atoms with van der Waals surface area (Å²) in [5.74, 6) is 2.24. The maximum atomic E-state index is 5.73. The Hall–Kier alpha value is -2.56. The Kier molecular flexibility index (Phi) is 6.61. The van der Waals surface area contributed by atoms with Crippen LogP contribution in [0.3, 0.4) is 0 Å². The Morgan fingerprint density at radius 2 is 1.96 bits per heavy atom. The first kappa shape index (κ1) is 17.8. The Bertz CT molecular complexity index is 700. The van der Waals surface area contributed by atoms with Gasteiger partial charge in [-0.3, -0.25) is 0 Å². The van der Waals surface area contributed by atoms with Gasteiger partial charge in [-0.1, -0.05) is 29.4 Å². The SMILES string of the molecule is CC=CCC(C)=NOCc1ccc(OCc2nc(C)oc2C)cc1. The summed E-state index contributed by atoms with van der Waals surface area (Å²) in [6, 6.07) is 7.76. The van der Waals surface area contributed by atoms with Crippen LogP contribution in [0.15, 0.2) is 46.0 Å². The Morgan fingerprint density at radius 3 is 2.58 bits per heavy atom. The highest BCUT2D eigenvalue weighted by Crippen LogP contribution is 2.16. The normalized spacial score (nSPS) is 11.9. The van der Waals surface area contributed by atoms with Crippen LogP contribution in [-0.2, 0) is 18.1 Å². The maximum Gasteiger partial charge on any atom is 0.191 e. The number of nitrogens with zero attached hydrogens (tertiary/aromatic N) is 2. The molecule has 0 aliphatic heterocycles. The molecule has 0 amide bonds. The summed E-state index contributed by atoms with van der Waals surface area (Å²) in [6.45, 7) is 8.49. The largest absolute Gasteiger partial charge is 0.487 e. The summed E-state index contributed by atoms with van der Waals surface area (Å²) in [5.41, 5.74) is 2.82. The van der Waals surface area contributed by atoms with Crippen molar-refractivity contribution in [1.82, 2.24) is 4.98 Å². The summed E-state index contributed by atoms with van der Waals surface area (Å²) in [4.78, 5) is 9.65. The lowest BCUT2D eigenvalue weighted by molar-refractivity contribution is 0.130. The Balaban J connectivity index is 1.81. The molecule has 128 valence electrons. The minimum Gasteiger partial charge on any atom is -0.487 e. The van der Waals surface area contributed by atoms with E-state index in [1.807, 2.05) is 64.1 Å². The second-order valence-corrected chi connectivity index (χ2v) is 5.54. The number of hydrogen-bond donors (Lipinski definition) is 0. The van der Waals surface area contributed by atoms with Crippen molar-refractivity contribution in [3.63, 3.8) is 0 Å². The number of allylic oxidation sites excluding steroid dienone is 2. The number of aryl methyl sites for hydroxylation is 2. The van der Waals surface area contributed by atoms with Crippen molar-refractivity contribution < 1.29 is 14.0 Å². The molecule has 1 aromatic heterocycles. The molecule has 5 heteroatoms. The van der Waals surface area contributed by atoms with E-state index in [1.165, 1.54) is 0 Å². The second kappa shape index (κ2) is 8.91. The molecule has 0 saturated carbocycles. The fraction of sp³-hybridized carbons (Fsp3) is 0.368. The lowest BCUT2D eigenvalue weighted by Crippen LogP contribution is -1.98. The van der Waals surface area contributed by atoms with Crippen molar-refractivity contribution in [2.75, 3.05) is 0 Å². The first-order valence-electron chi connectivity index (χ1n) is 7.99. The molecule has 5 nitrogen and oxygen atoms in total. The number of aromatic nitrogens is 1. The highest BCUT2D eigenvalue weighted by molar-refractivity contribution is 5.82. The summed E-state index contributed by atoms with van der Waals surface area (Å²) in [6.07, 6.45) is 4.86. The molecular weight excluding hydrogens is 304 g/mol. The third-order valence-electron chi connectivity index (χ3n) is 3.40. The van der Waals surface area contributed by atoms with Crippen LogP contribution >= 0.6 is 0 Å². The van der Waals surface area contributed by atoms with E-state index in [0.717, 1.165) is 34.9 Å². The summed E-state index contributed by atoms with van der Waals surface area (Å²) in [7, 11) is 0. The van der Waals surface area contributed by atoms with Crippen molar-refractivity contribution in [1.29, 1.82) is 0 Å². The number of benzene rings is 1. The second-order valence-electron chi connectivity index (χ2n) is 5.54. The molecule has 0 radical (unpaired) electrons. The molecule has 2 rings (SSSR count). The minimum absolute atomic E-state index is 0.396. The van der Waals surface area contributed by atoms with Crippen LogP contribution in [0.25, 0.3) is 0 Å². The van der Waals surface area contributed by atoms with Gasteiger partial charge in [0.2, 0.25) is 0 Å². The number of rotatable bonds is 8. The van der Waals surface area contributed by atoms with E-state index in [2.05, 4.69) is 10.1 Å². The third kappa shape index (κ3) is 5.57. The quantitative estimate of drug-likeness (QED) is 0.399. The van der Waals surface area contributed by atoms with E-state index in [4.69, 9.17) is 14.0 Å². The predicted octanol–water partition coefficient (Wildman–Crippen LogP) is 4.73. The van der Waals surface area contributed by atoms with Crippen LogP contribution in [-0.4, -0.2) is 10.7 Å². The number of ether oxygens (including phenoxy) is 1. The van der Waals surface area contributed by atoms with Crippen LogP contribution in [0.2, 0.25) is 0 Å². The average molecular weight is 328 g/mol. The standard InChI is InChI=1S/C19H24N2O3/c1-5-6-7-14(2)21-23-12-17-8-10-18(11-9-17)22-13-19-15(3)24-16(4)20-19/h5-6,8-11H,7,12-13H2,1-4H3. The van der Waals surface area contributed by atoms with E-state index in [1.54, 1.807) is 0 Å². The Morgan fingerprint density at radius 1 is 1.21 bits per heavy atom. The highest BCUT2D eigenvalue weighted by atomic mass is 16.6. The molecule has 0 fully saturated rings. The van der Waals surface area contributed by atoms with Gasteiger partial charge in [-0.15, -0.1) is 0 Å². The minimum atomic E-state index is 0.396. The smallest absolute Gasteiger partial charge is 0.191 e. The van der Waals surface area contributed by atoms with Gasteiger partial charge in [0.05, 0.1) is 5.71 Å². The van der Waals surface area contributed by atoms with Gasteiger partial charge in [0, 0.05) is 13.3 Å². The first-order valence-corrected chi connectivity index (χ1v) is 7.99. The molecule has 0 bridgehead atoms. The van der Waals surface area contributed by atoms with Gasteiger partial charge in [-0.05, 0) is 38.5 Å². The first-order chi connectivity index (χ1) is 11.6. The van der Waals surface area contributed by atoms with E-state index in [9.17, 15) is 0 Å². The van der Waals surface area contributed by atoms with Crippen LogP contribution < -0.4 is 4.74 Å². The lowest BCUT2D eigenvalue weighted by atomic mass is 10.2. The zero-order valence-corrected chi connectivity index (χ0v) is 14.7. The van der Waals surface area contributed by atoms with Crippen molar-refractivity contribution in [3.8, 4) is 5.75 Å². The van der Waals surface area contributed by atoms with Crippen LogP contribution in [0.1, 0.15) is 43.2 Å². The number of hydrogen-bond acceptors (Lipinski definition) is 5. The maximum absolute atomic E-state index is 5.73. The summed E-state index contributed by atoms with van der Waals surface area (Å²) in [5, 5.41) is 4.08. The third-order valence-corrected chi connectivity index (χ3v) is 3.40. The van der Waals surface area contributed by atoms with Gasteiger partial charge < -0.3 is 14.0 Å². The van der Waals surface area contributed by atoms with Crippen molar-refractivity contribution in [2.45, 2.75) is 47.3 Å². The molecule has 1 aromatic carbocycles. The predicted molar refractivity (Wildman–Crippen MR) is 94.1 cm³/mol. The molecule has 0 atom stereocenters. The van der Waals surface area contributed by atoms with Gasteiger partial charge in [-0.2, -0.15) is 0 Å². The monoisotopic (exact) mass is 328 g/mol. The van der Waals surface area contributed by atoms with Gasteiger partial charge in [0.15, 0.2) is 5.89 Å². The van der Waals surface area contributed by atoms with E-state index >= 15 is 0 Å². The molecular formula is C19H24N2O3. The topological polar surface area (TPSA) is 56.9 Å². The molecule has 0 aliphatic carbocycles. The fourth-order valence-corrected chi connectivity index (χ4v) is 2.08. The number of oxazole rings is 1. The van der Waals surface area contributed by atoms with Crippen LogP contribution in [0.4, 0.5) is 0 Å². The average Bonchev–Trinajstić information content (AvgIpc) is 2.89. The molecule has 0 spiro atoms. The molecule has 2 aromatic rings. The fourth-order valence-electron chi connectivity index (χ4n) is 2.08. The van der Waals surface area contributed by atoms with E-state index in [-0.39, 0.29) is 0 Å². The molecule has 0 unspecified atom stereocenters. The van der Waals surface area contributed by atoms with Crippen molar-refractivity contribution in [3.05, 3.63) is 59.3 Å².